The van der Waals surface area contributed by atoms with Crippen LogP contribution < -0.4 is 15.8 Å². The number of likely N-dealkylation sites (tertiary alicyclic amines) is 1. The third-order valence-corrected chi connectivity index (χ3v) is 5.49. The summed E-state index contributed by atoms with van der Waals surface area (Å²) in [7, 11) is 1.47. The molecule has 1 amide bonds. The largest absolute Gasteiger partial charge is 0.457 e. The second kappa shape index (κ2) is 9.14. The lowest BCUT2D eigenvalue weighted by atomic mass is 10.1. The van der Waals surface area contributed by atoms with Crippen LogP contribution in [-0.2, 0) is 12.7 Å². The number of alkyl halides is 3. The molecule has 10 heteroatoms. The molecule has 4 N–H and O–H groups in total. The topological polar surface area (TPSA) is 95.7 Å². The number of benzene rings is 2. The molecule has 174 valence electrons. The highest BCUT2D eigenvalue weighted by Gasteiger charge is 2.34. The van der Waals surface area contributed by atoms with E-state index in [1.54, 1.807) is 12.1 Å². The fraction of sp³-hybridized carbons (Fsp3) is 0.304. The molecule has 4 rings (SSSR count). The van der Waals surface area contributed by atoms with Crippen LogP contribution in [0.15, 0.2) is 47.5 Å². The molecule has 0 aliphatic carbocycles. The van der Waals surface area contributed by atoms with Crippen molar-refractivity contribution in [2.45, 2.75) is 25.6 Å². The number of aromatic nitrogens is 1. The average Bonchev–Trinajstić information content (AvgIpc) is 3.43. The first-order valence-corrected chi connectivity index (χ1v) is 10.5. The Morgan fingerprint density at radius 1 is 1.15 bits per heavy atom. The van der Waals surface area contributed by atoms with E-state index in [4.69, 9.17) is 10.5 Å². The van der Waals surface area contributed by atoms with E-state index in [1.165, 1.54) is 26.0 Å². The number of fused-ring (bicyclic) bond motifs is 1. The number of aliphatic imine (C=N–C) groups is 1. The minimum Gasteiger partial charge on any atom is -0.457 e. The third kappa shape index (κ3) is 5.28. The second-order valence-corrected chi connectivity index (χ2v) is 7.89. The lowest BCUT2D eigenvalue weighted by Gasteiger charge is -2.15. The van der Waals surface area contributed by atoms with Crippen LogP contribution in [0, 0.1) is 0 Å². The maximum Gasteiger partial charge on any atom is 0.417 e. The number of nitrogens with two attached hydrogens (primary N) is 1. The summed E-state index contributed by atoms with van der Waals surface area (Å²) < 4.78 is 46.9. The van der Waals surface area contributed by atoms with Crippen molar-refractivity contribution in [3.05, 3.63) is 59.3 Å². The molecule has 33 heavy (non-hydrogen) atoms. The Morgan fingerprint density at radius 3 is 2.48 bits per heavy atom. The van der Waals surface area contributed by atoms with E-state index < -0.39 is 17.6 Å². The van der Waals surface area contributed by atoms with Gasteiger partial charge >= 0.3 is 6.18 Å². The fourth-order valence-corrected chi connectivity index (χ4v) is 3.84. The summed E-state index contributed by atoms with van der Waals surface area (Å²) in [5.74, 6) is -0.516. The zero-order chi connectivity index (χ0) is 23.6. The molecule has 1 aromatic heterocycles. The Labute approximate surface area is 188 Å². The molecule has 0 saturated carbocycles. The number of H-pyrrole nitrogens is 1. The molecule has 1 aliphatic heterocycles. The first-order valence-electron chi connectivity index (χ1n) is 10.5. The smallest absolute Gasteiger partial charge is 0.417 e. The van der Waals surface area contributed by atoms with E-state index in [2.05, 4.69) is 20.2 Å². The first kappa shape index (κ1) is 22.7. The van der Waals surface area contributed by atoms with Crippen LogP contribution in [0.3, 0.4) is 0 Å². The summed E-state index contributed by atoms with van der Waals surface area (Å²) in [4.78, 5) is 20.9. The average molecular weight is 459 g/mol. The minimum absolute atomic E-state index is 0.00112. The van der Waals surface area contributed by atoms with Crippen LogP contribution in [0.2, 0.25) is 0 Å². The van der Waals surface area contributed by atoms with E-state index in [-0.39, 0.29) is 28.3 Å². The maximum atomic E-state index is 13.7. The highest BCUT2D eigenvalue weighted by Crippen LogP contribution is 2.39. The van der Waals surface area contributed by atoms with Crippen LogP contribution in [-0.4, -0.2) is 41.9 Å². The molecule has 0 bridgehead atoms. The highest BCUT2D eigenvalue weighted by molar-refractivity contribution is 6.04. The highest BCUT2D eigenvalue weighted by atomic mass is 19.4. The van der Waals surface area contributed by atoms with E-state index in [0.717, 1.165) is 37.3 Å². The minimum atomic E-state index is -4.65. The molecule has 7 nitrogen and oxygen atoms in total. The van der Waals surface area contributed by atoms with Crippen LogP contribution in [0.1, 0.15) is 34.5 Å². The van der Waals surface area contributed by atoms with Crippen molar-refractivity contribution in [2.24, 2.45) is 10.7 Å². The zero-order valence-corrected chi connectivity index (χ0v) is 18.0. The van der Waals surface area contributed by atoms with Crippen molar-refractivity contribution in [3.63, 3.8) is 0 Å². The van der Waals surface area contributed by atoms with Gasteiger partial charge < -0.3 is 20.8 Å². The lowest BCUT2D eigenvalue weighted by molar-refractivity contribution is -0.136. The molecule has 1 saturated heterocycles. The van der Waals surface area contributed by atoms with Gasteiger partial charge in [0.2, 0.25) is 0 Å². The SMILES string of the molecule is CNC(N)=NC(=O)c1cc2c(C(F)(F)F)cc(Oc3ccc(CN4CCCC4)cc3)cc2[nH]1. The van der Waals surface area contributed by atoms with Crippen molar-refractivity contribution < 1.29 is 22.7 Å². The van der Waals surface area contributed by atoms with Gasteiger partial charge in [0.25, 0.3) is 5.91 Å². The number of hydrogen-bond acceptors (Lipinski definition) is 3. The summed E-state index contributed by atoms with van der Waals surface area (Å²) in [5.41, 5.74) is 5.66. The van der Waals surface area contributed by atoms with E-state index in [9.17, 15) is 18.0 Å². The Kier molecular flexibility index (Phi) is 6.28. The number of guanidine groups is 1. The Hall–Kier alpha value is -3.53. The van der Waals surface area contributed by atoms with Crippen molar-refractivity contribution in [1.82, 2.24) is 15.2 Å². The summed E-state index contributed by atoms with van der Waals surface area (Å²) in [5, 5.41) is 2.33. The second-order valence-electron chi connectivity index (χ2n) is 7.89. The maximum absolute atomic E-state index is 13.7. The molecule has 2 heterocycles. The molecule has 2 aromatic carbocycles. The lowest BCUT2D eigenvalue weighted by Crippen LogP contribution is -2.28. The number of rotatable bonds is 5. The molecular weight excluding hydrogens is 435 g/mol. The summed E-state index contributed by atoms with van der Waals surface area (Å²) in [6.07, 6.45) is -2.24. The monoisotopic (exact) mass is 459 g/mol. The van der Waals surface area contributed by atoms with Crippen LogP contribution in [0.4, 0.5) is 13.2 Å². The Morgan fingerprint density at radius 2 is 1.85 bits per heavy atom. The number of aromatic amines is 1. The number of carbonyl (C=O) groups excluding carboxylic acids is 1. The molecule has 0 atom stereocenters. The summed E-state index contributed by atoms with van der Waals surface area (Å²) in [6, 6.07) is 10.8. The van der Waals surface area contributed by atoms with Gasteiger partial charge in [0, 0.05) is 25.0 Å². The Bertz CT molecular complexity index is 1180. The van der Waals surface area contributed by atoms with Gasteiger partial charge in [-0.3, -0.25) is 9.69 Å². The van der Waals surface area contributed by atoms with Gasteiger partial charge in [-0.05, 0) is 55.8 Å². The molecule has 3 aromatic rings. The number of nitrogens with zero attached hydrogens (tertiary/aromatic N) is 2. The molecule has 0 radical (unpaired) electrons. The van der Waals surface area contributed by atoms with Gasteiger partial charge in [-0.15, -0.1) is 0 Å². The Balaban J connectivity index is 1.61. The van der Waals surface area contributed by atoms with Crippen molar-refractivity contribution in [1.29, 1.82) is 0 Å². The fourth-order valence-electron chi connectivity index (χ4n) is 3.84. The molecule has 0 spiro atoms. The van der Waals surface area contributed by atoms with Crippen molar-refractivity contribution in [3.8, 4) is 11.5 Å². The number of hydrogen-bond donors (Lipinski definition) is 3. The molecule has 1 aliphatic rings. The molecular formula is C23H24F3N5O2. The predicted octanol–water partition coefficient (Wildman–Crippen LogP) is 4.25. The van der Waals surface area contributed by atoms with E-state index in [0.29, 0.717) is 5.75 Å². The molecule has 0 unspecified atom stereocenters. The van der Waals surface area contributed by atoms with Gasteiger partial charge in [-0.1, -0.05) is 12.1 Å². The summed E-state index contributed by atoms with van der Waals surface area (Å²) in [6.45, 7) is 2.99. The zero-order valence-electron chi connectivity index (χ0n) is 18.0. The van der Waals surface area contributed by atoms with Crippen LogP contribution >= 0.6 is 0 Å². The first-order chi connectivity index (χ1) is 15.7. The number of ether oxygens (including phenoxy) is 1. The standard InChI is InChI=1S/C23H24F3N5O2/c1-28-22(27)30-21(32)20-12-17-18(23(24,25)26)10-16(11-19(17)29-20)33-15-6-4-14(5-7-15)13-31-8-2-3-9-31/h4-7,10-12,29H,2-3,8-9,13H2,1H3,(H3,27,28,30,32). The molecule has 1 fully saturated rings. The normalized spacial score (nSPS) is 15.2. The van der Waals surface area contributed by atoms with Gasteiger partial charge in [-0.2, -0.15) is 18.2 Å². The van der Waals surface area contributed by atoms with Gasteiger partial charge in [0.05, 0.1) is 11.1 Å². The number of carbonyl (C=O) groups is 1. The third-order valence-electron chi connectivity index (χ3n) is 5.49. The predicted molar refractivity (Wildman–Crippen MR) is 119 cm³/mol. The number of nitrogens with one attached hydrogen (secondary N) is 2. The number of amides is 1. The van der Waals surface area contributed by atoms with Gasteiger partial charge in [0.15, 0.2) is 5.96 Å². The quantitative estimate of drug-likeness (QED) is 0.392. The van der Waals surface area contributed by atoms with Crippen molar-refractivity contribution in [2.75, 3.05) is 20.1 Å². The van der Waals surface area contributed by atoms with Crippen LogP contribution in [0.5, 0.6) is 11.5 Å². The van der Waals surface area contributed by atoms with Crippen molar-refractivity contribution >= 4 is 22.8 Å². The number of halogens is 3. The van der Waals surface area contributed by atoms with Gasteiger partial charge in [-0.25, -0.2) is 0 Å². The van der Waals surface area contributed by atoms with Crippen LogP contribution in [0.25, 0.3) is 10.9 Å². The van der Waals surface area contributed by atoms with E-state index >= 15 is 0 Å². The van der Waals surface area contributed by atoms with Gasteiger partial charge in [0.1, 0.15) is 17.2 Å². The van der Waals surface area contributed by atoms with E-state index in [1.807, 2.05) is 12.1 Å². The summed E-state index contributed by atoms with van der Waals surface area (Å²) >= 11 is 0.